The van der Waals surface area contributed by atoms with Gasteiger partial charge in [-0.05, 0) is 62.6 Å². The van der Waals surface area contributed by atoms with Crippen LogP contribution in [0.5, 0.6) is 5.75 Å². The maximum Gasteiger partial charge on any atom is 0.324 e. The van der Waals surface area contributed by atoms with Gasteiger partial charge in [-0.3, -0.25) is 5.32 Å². The third-order valence-electron chi connectivity index (χ3n) is 6.63. The molecule has 1 unspecified atom stereocenters. The summed E-state index contributed by atoms with van der Waals surface area (Å²) in [7, 11) is 0. The molecule has 2 amide bonds. The van der Waals surface area contributed by atoms with E-state index in [1.165, 1.54) is 31.3 Å². The lowest BCUT2D eigenvalue weighted by Gasteiger charge is -2.33. The molecule has 2 heterocycles. The minimum absolute atomic E-state index is 0.132. The lowest BCUT2D eigenvalue weighted by Crippen LogP contribution is -2.42. The molecule has 1 aliphatic carbocycles. The Bertz CT molecular complexity index is 943. The standard InChI is InChI=1S/C25H33N3O3/c1-17-15-28(25(29)26-24-18(2)19(3)27-31-24)12-11-22(17)13-21-9-6-10-23(14-21)30-16-20-7-4-5-8-20/h6,9-10,13-14,17,20H,4-5,7-8,11-12,15-16H2,1-3H3,(H,26,29)/b22-13+. The van der Waals surface area contributed by atoms with E-state index < -0.39 is 0 Å². The number of nitrogens with zero attached hydrogens (tertiary/aromatic N) is 2. The average Bonchev–Trinajstić information content (AvgIpc) is 3.40. The molecule has 6 nitrogen and oxygen atoms in total. The van der Waals surface area contributed by atoms with Gasteiger partial charge in [0.2, 0.25) is 5.88 Å². The Labute approximate surface area is 184 Å². The van der Waals surface area contributed by atoms with Gasteiger partial charge in [-0.25, -0.2) is 4.79 Å². The molecule has 166 valence electrons. The first kappa shape index (κ1) is 21.5. The van der Waals surface area contributed by atoms with Crippen LogP contribution >= 0.6 is 0 Å². The van der Waals surface area contributed by atoms with E-state index in [0.717, 1.165) is 35.6 Å². The molecule has 2 aromatic rings. The Kier molecular flexibility index (Phi) is 6.64. The Hall–Kier alpha value is -2.76. The molecule has 1 aromatic carbocycles. The lowest BCUT2D eigenvalue weighted by atomic mass is 9.91. The number of urea groups is 1. The normalized spacial score (nSPS) is 20.9. The Balaban J connectivity index is 1.34. The number of aromatic nitrogens is 1. The Morgan fingerprint density at radius 3 is 2.84 bits per heavy atom. The number of likely N-dealkylation sites (tertiary alicyclic amines) is 1. The first-order chi connectivity index (χ1) is 15.0. The highest BCUT2D eigenvalue weighted by Gasteiger charge is 2.25. The number of hydrogen-bond donors (Lipinski definition) is 1. The second-order valence-corrected chi connectivity index (χ2v) is 9.00. The molecular weight excluding hydrogens is 390 g/mol. The Morgan fingerprint density at radius 2 is 2.13 bits per heavy atom. The highest BCUT2D eigenvalue weighted by molar-refractivity contribution is 5.88. The SMILES string of the molecule is Cc1noc(NC(=O)N2CC/C(=C\c3cccc(OCC4CCCC4)c3)C(C)C2)c1C. The zero-order valence-electron chi connectivity index (χ0n) is 18.8. The van der Waals surface area contributed by atoms with E-state index in [1.807, 2.05) is 24.8 Å². The molecule has 1 saturated carbocycles. The molecule has 1 aromatic heterocycles. The molecule has 6 heteroatoms. The van der Waals surface area contributed by atoms with Gasteiger partial charge in [0.1, 0.15) is 5.75 Å². The van der Waals surface area contributed by atoms with Crippen LogP contribution in [-0.2, 0) is 0 Å². The summed E-state index contributed by atoms with van der Waals surface area (Å²) in [6.07, 6.45) is 8.37. The number of aryl methyl sites for hydroxylation is 1. The summed E-state index contributed by atoms with van der Waals surface area (Å²) in [5, 5.41) is 6.76. The van der Waals surface area contributed by atoms with Crippen molar-refractivity contribution in [2.75, 3.05) is 25.0 Å². The van der Waals surface area contributed by atoms with Gasteiger partial charge in [-0.1, -0.05) is 48.7 Å². The van der Waals surface area contributed by atoms with Crippen molar-refractivity contribution in [3.8, 4) is 5.75 Å². The molecule has 0 radical (unpaired) electrons. The van der Waals surface area contributed by atoms with Crippen LogP contribution in [0, 0.1) is 25.7 Å². The number of hydrogen-bond acceptors (Lipinski definition) is 4. The number of benzene rings is 1. The molecule has 1 saturated heterocycles. The van der Waals surface area contributed by atoms with Crippen LogP contribution in [0.2, 0.25) is 0 Å². The quantitative estimate of drug-likeness (QED) is 0.658. The number of carbonyl (C=O) groups excluding carboxylic acids is 1. The minimum Gasteiger partial charge on any atom is -0.493 e. The fourth-order valence-corrected chi connectivity index (χ4v) is 4.46. The Morgan fingerprint density at radius 1 is 1.32 bits per heavy atom. The number of amides is 2. The molecule has 0 bridgehead atoms. The number of piperidine rings is 1. The van der Waals surface area contributed by atoms with Crippen LogP contribution in [0.1, 0.15) is 55.8 Å². The molecule has 1 atom stereocenters. The van der Waals surface area contributed by atoms with E-state index in [-0.39, 0.29) is 6.03 Å². The van der Waals surface area contributed by atoms with Gasteiger partial charge >= 0.3 is 6.03 Å². The molecule has 0 spiro atoms. The van der Waals surface area contributed by atoms with Crippen LogP contribution in [-0.4, -0.2) is 35.8 Å². The zero-order chi connectivity index (χ0) is 21.8. The monoisotopic (exact) mass is 423 g/mol. The molecule has 1 aliphatic heterocycles. The third kappa shape index (κ3) is 5.30. The molecule has 4 rings (SSSR count). The zero-order valence-corrected chi connectivity index (χ0v) is 18.8. The van der Waals surface area contributed by atoms with E-state index >= 15 is 0 Å². The van der Waals surface area contributed by atoms with Crippen LogP contribution in [0.15, 0.2) is 34.4 Å². The van der Waals surface area contributed by atoms with Crippen molar-refractivity contribution < 1.29 is 14.1 Å². The van der Waals surface area contributed by atoms with Crippen molar-refractivity contribution in [1.29, 1.82) is 0 Å². The van der Waals surface area contributed by atoms with Gasteiger partial charge in [0, 0.05) is 18.7 Å². The smallest absolute Gasteiger partial charge is 0.324 e. The van der Waals surface area contributed by atoms with Crippen molar-refractivity contribution in [1.82, 2.24) is 10.1 Å². The number of anilines is 1. The van der Waals surface area contributed by atoms with Crippen molar-refractivity contribution in [3.05, 3.63) is 46.7 Å². The lowest BCUT2D eigenvalue weighted by molar-refractivity contribution is 0.197. The highest BCUT2D eigenvalue weighted by Crippen LogP contribution is 2.28. The number of carbonyl (C=O) groups is 1. The van der Waals surface area contributed by atoms with E-state index in [0.29, 0.717) is 30.8 Å². The fourth-order valence-electron chi connectivity index (χ4n) is 4.46. The molecule has 2 aliphatic rings. The molecule has 2 fully saturated rings. The number of rotatable bonds is 5. The summed E-state index contributed by atoms with van der Waals surface area (Å²) < 4.78 is 11.3. The van der Waals surface area contributed by atoms with E-state index in [2.05, 4.69) is 41.7 Å². The fraction of sp³-hybridized carbons (Fsp3) is 0.520. The summed E-state index contributed by atoms with van der Waals surface area (Å²) in [6, 6.07) is 8.22. The second kappa shape index (κ2) is 9.58. The summed E-state index contributed by atoms with van der Waals surface area (Å²) >= 11 is 0. The molecule has 1 N–H and O–H groups in total. The molecule has 31 heavy (non-hydrogen) atoms. The van der Waals surface area contributed by atoms with Crippen molar-refractivity contribution >= 4 is 18.0 Å². The maximum absolute atomic E-state index is 12.7. The predicted octanol–water partition coefficient (Wildman–Crippen LogP) is 5.82. The van der Waals surface area contributed by atoms with Crippen LogP contribution in [0.3, 0.4) is 0 Å². The third-order valence-corrected chi connectivity index (χ3v) is 6.63. The predicted molar refractivity (Wildman–Crippen MR) is 122 cm³/mol. The highest BCUT2D eigenvalue weighted by atomic mass is 16.5. The minimum atomic E-state index is -0.132. The first-order valence-electron chi connectivity index (χ1n) is 11.4. The second-order valence-electron chi connectivity index (χ2n) is 9.00. The van der Waals surface area contributed by atoms with E-state index in [4.69, 9.17) is 9.26 Å². The van der Waals surface area contributed by atoms with Crippen molar-refractivity contribution in [3.63, 3.8) is 0 Å². The molecular formula is C25H33N3O3. The van der Waals surface area contributed by atoms with Gasteiger partial charge < -0.3 is 14.2 Å². The van der Waals surface area contributed by atoms with Gasteiger partial charge in [0.05, 0.1) is 12.3 Å². The average molecular weight is 424 g/mol. The summed E-state index contributed by atoms with van der Waals surface area (Å²) in [5.74, 6) is 2.39. The van der Waals surface area contributed by atoms with Gasteiger partial charge in [-0.2, -0.15) is 0 Å². The van der Waals surface area contributed by atoms with Gasteiger partial charge in [0.25, 0.3) is 0 Å². The van der Waals surface area contributed by atoms with Crippen LogP contribution < -0.4 is 10.1 Å². The van der Waals surface area contributed by atoms with Crippen LogP contribution in [0.25, 0.3) is 6.08 Å². The summed E-state index contributed by atoms with van der Waals surface area (Å²) in [4.78, 5) is 14.5. The summed E-state index contributed by atoms with van der Waals surface area (Å²) in [6.45, 7) is 8.13. The number of nitrogens with one attached hydrogen (secondary N) is 1. The maximum atomic E-state index is 12.7. The van der Waals surface area contributed by atoms with Gasteiger partial charge in [0.15, 0.2) is 0 Å². The number of ether oxygens (including phenoxy) is 1. The van der Waals surface area contributed by atoms with E-state index in [1.54, 1.807) is 0 Å². The summed E-state index contributed by atoms with van der Waals surface area (Å²) in [5.41, 5.74) is 4.19. The first-order valence-corrected chi connectivity index (χ1v) is 11.4. The van der Waals surface area contributed by atoms with Crippen molar-refractivity contribution in [2.24, 2.45) is 11.8 Å². The van der Waals surface area contributed by atoms with Crippen molar-refractivity contribution in [2.45, 2.75) is 52.9 Å². The van der Waals surface area contributed by atoms with Gasteiger partial charge in [-0.15, -0.1) is 0 Å². The topological polar surface area (TPSA) is 67.6 Å². The van der Waals surface area contributed by atoms with E-state index in [9.17, 15) is 4.79 Å². The largest absolute Gasteiger partial charge is 0.493 e. The van der Waals surface area contributed by atoms with Crippen LogP contribution in [0.4, 0.5) is 10.7 Å².